The Morgan fingerprint density at radius 2 is 2.30 bits per heavy atom. The summed E-state index contributed by atoms with van der Waals surface area (Å²) in [6, 6.07) is 7.30. The Morgan fingerprint density at radius 1 is 1.45 bits per heavy atom. The monoisotopic (exact) mass is 271 g/mol. The second-order valence-corrected chi connectivity index (χ2v) is 4.56. The SMILES string of the molecule is C#CCNCC(=O)Nc1cccc(N2CCCC2=O)c1. The van der Waals surface area contributed by atoms with Gasteiger partial charge < -0.3 is 10.2 Å². The van der Waals surface area contributed by atoms with Gasteiger partial charge in [-0.15, -0.1) is 6.42 Å². The molecule has 5 nitrogen and oxygen atoms in total. The first kappa shape index (κ1) is 14.1. The number of terminal acetylenes is 1. The summed E-state index contributed by atoms with van der Waals surface area (Å²) >= 11 is 0. The lowest BCUT2D eigenvalue weighted by molar-refractivity contribution is -0.117. The van der Waals surface area contributed by atoms with Crippen molar-refractivity contribution in [2.75, 3.05) is 29.9 Å². The van der Waals surface area contributed by atoms with Gasteiger partial charge in [0.25, 0.3) is 0 Å². The van der Waals surface area contributed by atoms with Gasteiger partial charge in [-0.25, -0.2) is 0 Å². The van der Waals surface area contributed by atoms with Crippen LogP contribution >= 0.6 is 0 Å². The number of hydrogen-bond acceptors (Lipinski definition) is 3. The van der Waals surface area contributed by atoms with Crippen LogP contribution in [0.4, 0.5) is 11.4 Å². The number of anilines is 2. The molecule has 1 fully saturated rings. The molecule has 2 rings (SSSR count). The number of carbonyl (C=O) groups is 2. The molecule has 0 spiro atoms. The minimum absolute atomic E-state index is 0.129. The normalized spacial score (nSPS) is 14.2. The van der Waals surface area contributed by atoms with Gasteiger partial charge in [0.15, 0.2) is 0 Å². The Hall–Kier alpha value is -2.32. The van der Waals surface area contributed by atoms with Crippen LogP contribution < -0.4 is 15.5 Å². The third-order valence-corrected chi connectivity index (χ3v) is 3.03. The van der Waals surface area contributed by atoms with E-state index >= 15 is 0 Å². The first-order valence-corrected chi connectivity index (χ1v) is 6.55. The van der Waals surface area contributed by atoms with Gasteiger partial charge >= 0.3 is 0 Å². The molecule has 1 aliphatic rings. The van der Waals surface area contributed by atoms with Crippen molar-refractivity contribution < 1.29 is 9.59 Å². The van der Waals surface area contributed by atoms with Crippen LogP contribution in [0.25, 0.3) is 0 Å². The highest BCUT2D eigenvalue weighted by molar-refractivity contribution is 5.97. The van der Waals surface area contributed by atoms with Crippen LogP contribution in [0.2, 0.25) is 0 Å². The van der Waals surface area contributed by atoms with E-state index in [9.17, 15) is 9.59 Å². The Labute approximate surface area is 118 Å². The summed E-state index contributed by atoms with van der Waals surface area (Å²) in [6.07, 6.45) is 6.56. The third kappa shape index (κ3) is 3.59. The lowest BCUT2D eigenvalue weighted by Crippen LogP contribution is -2.28. The van der Waals surface area contributed by atoms with Crippen molar-refractivity contribution in [2.24, 2.45) is 0 Å². The number of nitrogens with one attached hydrogen (secondary N) is 2. The molecule has 0 saturated carbocycles. The maximum Gasteiger partial charge on any atom is 0.238 e. The van der Waals surface area contributed by atoms with Crippen LogP contribution in [0.15, 0.2) is 24.3 Å². The van der Waals surface area contributed by atoms with Crippen molar-refractivity contribution in [3.63, 3.8) is 0 Å². The van der Waals surface area contributed by atoms with E-state index in [4.69, 9.17) is 6.42 Å². The topological polar surface area (TPSA) is 61.4 Å². The summed E-state index contributed by atoms with van der Waals surface area (Å²) in [6.45, 7) is 1.26. The predicted octanol–water partition coefficient (Wildman–Crippen LogP) is 0.975. The number of nitrogens with zero attached hydrogens (tertiary/aromatic N) is 1. The minimum atomic E-state index is -0.162. The van der Waals surface area contributed by atoms with E-state index < -0.39 is 0 Å². The molecular formula is C15H17N3O2. The molecule has 0 aromatic heterocycles. The molecule has 0 atom stereocenters. The van der Waals surface area contributed by atoms with Crippen LogP contribution in [0.3, 0.4) is 0 Å². The van der Waals surface area contributed by atoms with Crippen molar-refractivity contribution in [3.05, 3.63) is 24.3 Å². The predicted molar refractivity (Wildman–Crippen MR) is 78.4 cm³/mol. The Balaban J connectivity index is 1.97. The van der Waals surface area contributed by atoms with E-state index in [0.29, 0.717) is 18.7 Å². The van der Waals surface area contributed by atoms with Crippen LogP contribution in [0.1, 0.15) is 12.8 Å². The van der Waals surface area contributed by atoms with E-state index in [-0.39, 0.29) is 18.4 Å². The fourth-order valence-electron chi connectivity index (χ4n) is 2.13. The van der Waals surface area contributed by atoms with Gasteiger partial charge in [0.05, 0.1) is 13.1 Å². The molecule has 0 radical (unpaired) electrons. The Morgan fingerprint density at radius 3 is 3.00 bits per heavy atom. The molecule has 1 saturated heterocycles. The molecule has 20 heavy (non-hydrogen) atoms. The standard InChI is InChI=1S/C15H17N3O2/c1-2-8-16-11-14(19)17-12-5-3-6-13(10-12)18-9-4-7-15(18)20/h1,3,5-6,10,16H,4,7-9,11H2,(H,17,19). The van der Waals surface area contributed by atoms with Crippen molar-refractivity contribution >= 4 is 23.2 Å². The summed E-state index contributed by atoms with van der Waals surface area (Å²) in [5.74, 6) is 2.37. The van der Waals surface area contributed by atoms with Crippen molar-refractivity contribution in [1.29, 1.82) is 0 Å². The molecular weight excluding hydrogens is 254 g/mol. The van der Waals surface area contributed by atoms with E-state index in [1.165, 1.54) is 0 Å². The number of hydrogen-bond donors (Lipinski definition) is 2. The van der Waals surface area contributed by atoms with Crippen LogP contribution in [0.5, 0.6) is 0 Å². The fourth-order valence-corrected chi connectivity index (χ4v) is 2.13. The molecule has 2 N–H and O–H groups in total. The van der Waals surface area contributed by atoms with Gasteiger partial charge in [0, 0.05) is 24.3 Å². The van der Waals surface area contributed by atoms with Crippen LogP contribution in [-0.2, 0) is 9.59 Å². The van der Waals surface area contributed by atoms with E-state index in [1.54, 1.807) is 11.0 Å². The zero-order valence-corrected chi connectivity index (χ0v) is 11.2. The van der Waals surface area contributed by atoms with Crippen LogP contribution in [-0.4, -0.2) is 31.4 Å². The smallest absolute Gasteiger partial charge is 0.238 e. The molecule has 0 unspecified atom stereocenters. The summed E-state index contributed by atoms with van der Waals surface area (Å²) in [4.78, 5) is 25.1. The molecule has 0 bridgehead atoms. The first-order valence-electron chi connectivity index (χ1n) is 6.55. The number of benzene rings is 1. The Kier molecular flexibility index (Phi) is 4.75. The fraction of sp³-hybridized carbons (Fsp3) is 0.333. The number of rotatable bonds is 5. The second-order valence-electron chi connectivity index (χ2n) is 4.56. The molecule has 1 aromatic carbocycles. The van der Waals surface area contributed by atoms with Gasteiger partial charge in [0.2, 0.25) is 11.8 Å². The molecule has 1 aromatic rings. The third-order valence-electron chi connectivity index (χ3n) is 3.03. The highest BCUT2D eigenvalue weighted by Crippen LogP contribution is 2.24. The summed E-state index contributed by atoms with van der Waals surface area (Å²) < 4.78 is 0. The minimum Gasteiger partial charge on any atom is -0.325 e. The van der Waals surface area contributed by atoms with E-state index in [2.05, 4.69) is 16.6 Å². The van der Waals surface area contributed by atoms with E-state index in [0.717, 1.165) is 18.7 Å². The van der Waals surface area contributed by atoms with Crippen molar-refractivity contribution in [3.8, 4) is 12.3 Å². The molecule has 0 aliphatic carbocycles. The lowest BCUT2D eigenvalue weighted by Gasteiger charge is -2.16. The van der Waals surface area contributed by atoms with Crippen molar-refractivity contribution in [1.82, 2.24) is 5.32 Å². The van der Waals surface area contributed by atoms with E-state index in [1.807, 2.05) is 18.2 Å². The average Bonchev–Trinajstić information content (AvgIpc) is 2.85. The summed E-state index contributed by atoms with van der Waals surface area (Å²) in [7, 11) is 0. The maximum atomic E-state index is 11.7. The summed E-state index contributed by atoms with van der Waals surface area (Å²) in [5, 5.41) is 5.59. The first-order chi connectivity index (χ1) is 9.70. The molecule has 2 amide bonds. The zero-order chi connectivity index (χ0) is 14.4. The summed E-state index contributed by atoms with van der Waals surface area (Å²) in [5.41, 5.74) is 1.50. The molecule has 104 valence electrons. The zero-order valence-electron chi connectivity index (χ0n) is 11.2. The maximum absolute atomic E-state index is 11.7. The largest absolute Gasteiger partial charge is 0.325 e. The quantitative estimate of drug-likeness (QED) is 0.620. The second kappa shape index (κ2) is 6.73. The van der Waals surface area contributed by atoms with Crippen LogP contribution in [0, 0.1) is 12.3 Å². The average molecular weight is 271 g/mol. The molecule has 1 aliphatic heterocycles. The lowest BCUT2D eigenvalue weighted by atomic mass is 10.2. The number of carbonyl (C=O) groups excluding carboxylic acids is 2. The Bertz CT molecular complexity index is 548. The van der Waals surface area contributed by atoms with Gasteiger partial charge in [-0.3, -0.25) is 14.9 Å². The number of amides is 2. The highest BCUT2D eigenvalue weighted by atomic mass is 16.2. The molecule has 1 heterocycles. The van der Waals surface area contributed by atoms with Gasteiger partial charge in [-0.05, 0) is 24.6 Å². The van der Waals surface area contributed by atoms with Gasteiger partial charge in [0.1, 0.15) is 0 Å². The van der Waals surface area contributed by atoms with Gasteiger partial charge in [-0.2, -0.15) is 0 Å². The van der Waals surface area contributed by atoms with Gasteiger partial charge in [-0.1, -0.05) is 12.0 Å². The van der Waals surface area contributed by atoms with Crippen molar-refractivity contribution in [2.45, 2.75) is 12.8 Å². The highest BCUT2D eigenvalue weighted by Gasteiger charge is 2.21. The molecule has 5 heteroatoms.